The first-order valence-corrected chi connectivity index (χ1v) is 10.4. The van der Waals surface area contributed by atoms with Crippen LogP contribution in [0.4, 0.5) is 5.82 Å². The molecular formula is C20H17N3OS2. The highest BCUT2D eigenvalue weighted by Gasteiger charge is 2.26. The molecule has 130 valence electrons. The fraction of sp³-hybridized carbons (Fsp3) is 0.200. The molecule has 6 heteroatoms. The van der Waals surface area contributed by atoms with Crippen molar-refractivity contribution in [1.29, 1.82) is 0 Å². The van der Waals surface area contributed by atoms with Gasteiger partial charge in [0.1, 0.15) is 10.6 Å². The van der Waals surface area contributed by atoms with Crippen molar-refractivity contribution in [1.82, 2.24) is 9.97 Å². The molecule has 0 radical (unpaired) electrons. The van der Waals surface area contributed by atoms with Gasteiger partial charge in [-0.3, -0.25) is 0 Å². The van der Waals surface area contributed by atoms with Gasteiger partial charge in [-0.15, -0.1) is 22.7 Å². The Labute approximate surface area is 159 Å². The highest BCUT2D eigenvalue weighted by molar-refractivity contribution is 7.17. The Morgan fingerprint density at radius 2 is 1.92 bits per heavy atom. The van der Waals surface area contributed by atoms with Crippen LogP contribution in [0.25, 0.3) is 32.0 Å². The predicted molar refractivity (Wildman–Crippen MR) is 109 cm³/mol. The van der Waals surface area contributed by atoms with Crippen molar-refractivity contribution in [2.24, 2.45) is 0 Å². The zero-order valence-electron chi connectivity index (χ0n) is 14.0. The Morgan fingerprint density at radius 3 is 2.65 bits per heavy atom. The highest BCUT2D eigenvalue weighted by atomic mass is 32.1. The molecule has 3 aromatic heterocycles. The summed E-state index contributed by atoms with van der Waals surface area (Å²) in [6.07, 6.45) is 0.494. The summed E-state index contributed by atoms with van der Waals surface area (Å²) >= 11 is 3.31. The summed E-state index contributed by atoms with van der Waals surface area (Å²) in [6.45, 7) is 1.45. The number of nitrogens with zero attached hydrogens (tertiary/aromatic N) is 3. The van der Waals surface area contributed by atoms with Crippen molar-refractivity contribution < 1.29 is 5.11 Å². The number of aromatic nitrogens is 2. The number of β-amino-alcohol motifs (C(OH)–C–C–N with tert-alkyl or cyclic N) is 1. The molecule has 4 aromatic rings. The lowest BCUT2D eigenvalue weighted by molar-refractivity contribution is 0.198. The van der Waals surface area contributed by atoms with Crippen molar-refractivity contribution in [2.75, 3.05) is 18.0 Å². The van der Waals surface area contributed by atoms with Gasteiger partial charge >= 0.3 is 0 Å². The number of fused-ring (bicyclic) bond motifs is 1. The molecule has 1 saturated heterocycles. The lowest BCUT2D eigenvalue weighted by atomic mass is 10.1. The number of aliphatic hydroxyl groups is 1. The second-order valence-corrected chi connectivity index (χ2v) is 8.24. The van der Waals surface area contributed by atoms with E-state index in [2.05, 4.69) is 40.6 Å². The standard InChI is InChI=1S/C20H17N3OS2/c24-14-8-9-23(11-14)19-17-15(13-5-2-1-3-6-13)12-26-20(17)22-18(21-19)16-7-4-10-25-16/h1-7,10,12,14,24H,8-9,11H2/t14-/m0/s1. The van der Waals surface area contributed by atoms with Crippen LogP contribution >= 0.6 is 22.7 Å². The number of hydrogen-bond acceptors (Lipinski definition) is 6. The van der Waals surface area contributed by atoms with Crippen molar-refractivity contribution in [3.05, 3.63) is 53.2 Å². The van der Waals surface area contributed by atoms with E-state index in [0.717, 1.165) is 39.7 Å². The quantitative estimate of drug-likeness (QED) is 0.562. The maximum Gasteiger partial charge on any atom is 0.173 e. The van der Waals surface area contributed by atoms with E-state index < -0.39 is 0 Å². The Kier molecular flexibility index (Phi) is 3.96. The van der Waals surface area contributed by atoms with Crippen LogP contribution in [-0.2, 0) is 0 Å². The molecule has 26 heavy (non-hydrogen) atoms. The Morgan fingerprint density at radius 1 is 1.04 bits per heavy atom. The zero-order chi connectivity index (χ0) is 17.5. The number of rotatable bonds is 3. The van der Waals surface area contributed by atoms with Gasteiger partial charge in [-0.05, 0) is 23.4 Å². The van der Waals surface area contributed by atoms with Gasteiger partial charge < -0.3 is 10.0 Å². The highest BCUT2D eigenvalue weighted by Crippen LogP contribution is 2.40. The van der Waals surface area contributed by atoms with E-state index in [1.807, 2.05) is 17.5 Å². The second kappa shape index (κ2) is 6.46. The molecule has 4 heterocycles. The molecule has 5 rings (SSSR count). The Hall–Kier alpha value is -2.28. The van der Waals surface area contributed by atoms with Crippen LogP contribution in [-0.4, -0.2) is 34.3 Å². The minimum absolute atomic E-state index is 0.288. The summed E-state index contributed by atoms with van der Waals surface area (Å²) in [5.41, 5.74) is 2.34. The summed E-state index contributed by atoms with van der Waals surface area (Å²) < 4.78 is 0. The van der Waals surface area contributed by atoms with E-state index >= 15 is 0 Å². The maximum absolute atomic E-state index is 10.0. The number of anilines is 1. The van der Waals surface area contributed by atoms with E-state index in [0.29, 0.717) is 6.54 Å². The summed E-state index contributed by atoms with van der Waals surface area (Å²) in [6, 6.07) is 14.5. The average molecular weight is 380 g/mol. The van der Waals surface area contributed by atoms with Crippen LogP contribution in [0.5, 0.6) is 0 Å². The van der Waals surface area contributed by atoms with Crippen LogP contribution in [0.2, 0.25) is 0 Å². The fourth-order valence-corrected chi connectivity index (χ4v) is 5.03. The predicted octanol–water partition coefficient (Wildman–Crippen LogP) is 4.66. The lowest BCUT2D eigenvalue weighted by Crippen LogP contribution is -2.22. The van der Waals surface area contributed by atoms with Crippen molar-refractivity contribution in [2.45, 2.75) is 12.5 Å². The van der Waals surface area contributed by atoms with Crippen molar-refractivity contribution >= 4 is 38.7 Å². The molecule has 1 aromatic carbocycles. The molecule has 1 fully saturated rings. The van der Waals surface area contributed by atoms with Gasteiger partial charge in [0.15, 0.2) is 5.82 Å². The zero-order valence-corrected chi connectivity index (χ0v) is 15.6. The Bertz CT molecular complexity index is 1040. The fourth-order valence-electron chi connectivity index (χ4n) is 3.43. The minimum Gasteiger partial charge on any atom is -0.391 e. The normalized spacial score (nSPS) is 17.3. The number of hydrogen-bond donors (Lipinski definition) is 1. The van der Waals surface area contributed by atoms with Crippen LogP contribution in [0.1, 0.15) is 6.42 Å². The molecule has 1 aliphatic rings. The maximum atomic E-state index is 10.0. The number of aliphatic hydroxyl groups excluding tert-OH is 1. The molecule has 1 N–H and O–H groups in total. The van der Waals surface area contributed by atoms with Crippen LogP contribution in [0.3, 0.4) is 0 Å². The third-order valence-corrected chi connectivity index (χ3v) is 6.44. The first kappa shape index (κ1) is 15.9. The molecule has 0 unspecified atom stereocenters. The summed E-state index contributed by atoms with van der Waals surface area (Å²) in [5, 5.41) is 15.4. The Balaban J connectivity index is 1.75. The van der Waals surface area contributed by atoms with Crippen LogP contribution in [0.15, 0.2) is 53.2 Å². The topological polar surface area (TPSA) is 49.2 Å². The SMILES string of the molecule is O[C@H]1CCN(c2nc(-c3cccs3)nc3scc(-c4ccccc4)c23)C1. The monoisotopic (exact) mass is 379 g/mol. The molecule has 4 nitrogen and oxygen atoms in total. The van der Waals surface area contributed by atoms with Gasteiger partial charge in [-0.25, -0.2) is 9.97 Å². The van der Waals surface area contributed by atoms with Gasteiger partial charge in [0.25, 0.3) is 0 Å². The summed E-state index contributed by atoms with van der Waals surface area (Å²) in [4.78, 5) is 14.1. The average Bonchev–Trinajstić information content (AvgIpc) is 3.42. The van der Waals surface area contributed by atoms with Gasteiger partial charge in [-0.2, -0.15) is 0 Å². The van der Waals surface area contributed by atoms with Crippen LogP contribution in [0, 0.1) is 0 Å². The molecule has 0 saturated carbocycles. The molecular weight excluding hydrogens is 362 g/mol. The molecule has 0 spiro atoms. The lowest BCUT2D eigenvalue weighted by Gasteiger charge is -2.19. The van der Waals surface area contributed by atoms with Gasteiger partial charge in [-0.1, -0.05) is 36.4 Å². The second-order valence-electron chi connectivity index (χ2n) is 6.43. The number of benzene rings is 1. The largest absolute Gasteiger partial charge is 0.391 e. The van der Waals surface area contributed by atoms with E-state index in [1.165, 1.54) is 11.1 Å². The van der Waals surface area contributed by atoms with Crippen molar-refractivity contribution in [3.63, 3.8) is 0 Å². The first-order valence-electron chi connectivity index (χ1n) is 8.61. The van der Waals surface area contributed by atoms with E-state index in [4.69, 9.17) is 9.97 Å². The molecule has 0 amide bonds. The summed E-state index contributed by atoms with van der Waals surface area (Å²) in [5.74, 6) is 1.71. The number of thiophene rings is 2. The molecule has 1 aliphatic heterocycles. The third-order valence-electron chi connectivity index (χ3n) is 4.70. The van der Waals surface area contributed by atoms with E-state index in [1.54, 1.807) is 22.7 Å². The minimum atomic E-state index is -0.288. The molecule has 1 atom stereocenters. The summed E-state index contributed by atoms with van der Waals surface area (Å²) in [7, 11) is 0. The van der Waals surface area contributed by atoms with E-state index in [-0.39, 0.29) is 6.10 Å². The van der Waals surface area contributed by atoms with E-state index in [9.17, 15) is 5.11 Å². The van der Waals surface area contributed by atoms with Gasteiger partial charge in [0.2, 0.25) is 0 Å². The molecule has 0 aliphatic carbocycles. The van der Waals surface area contributed by atoms with Gasteiger partial charge in [0.05, 0.1) is 16.4 Å². The smallest absolute Gasteiger partial charge is 0.173 e. The van der Waals surface area contributed by atoms with Crippen LogP contribution < -0.4 is 4.90 Å². The van der Waals surface area contributed by atoms with Crippen molar-refractivity contribution in [3.8, 4) is 21.8 Å². The third kappa shape index (κ3) is 2.70. The van der Waals surface area contributed by atoms with Gasteiger partial charge in [0, 0.05) is 24.0 Å². The first-order chi connectivity index (χ1) is 12.8. The molecule has 0 bridgehead atoms.